The summed E-state index contributed by atoms with van der Waals surface area (Å²) in [5, 5.41) is 15.4. The van der Waals surface area contributed by atoms with Gasteiger partial charge in [-0.15, -0.1) is 0 Å². The van der Waals surface area contributed by atoms with Crippen molar-refractivity contribution in [3.63, 3.8) is 0 Å². The van der Waals surface area contributed by atoms with Crippen molar-refractivity contribution in [3.05, 3.63) is 23.8 Å². The zero-order chi connectivity index (χ0) is 15.8. The van der Waals surface area contributed by atoms with Gasteiger partial charge in [0.15, 0.2) is 0 Å². The third kappa shape index (κ3) is 6.27. The molecule has 116 valence electrons. The number of amides is 1. The number of aliphatic hydroxyl groups is 1. The van der Waals surface area contributed by atoms with Gasteiger partial charge >= 0.3 is 0 Å². The molecule has 0 saturated heterocycles. The van der Waals surface area contributed by atoms with Crippen LogP contribution in [0.5, 0.6) is 5.75 Å². The minimum atomic E-state index is -0.956. The van der Waals surface area contributed by atoms with Gasteiger partial charge in [0.1, 0.15) is 17.8 Å². The first-order chi connectivity index (χ1) is 9.92. The Kier molecular flexibility index (Phi) is 6.68. The lowest BCUT2D eigenvalue weighted by Crippen LogP contribution is -2.23. The standard InChI is InChI=1S/C15H22N2O4/c1-10(18)8-15(20)17-13-9-12(4-5-14(13)21-3)6-7-16-11(2)19/h4-5,9,15,17,20H,6-8H2,1-3H3,(H,16,19). The van der Waals surface area contributed by atoms with Crippen LogP contribution in [-0.2, 0) is 16.0 Å². The second-order valence-electron chi connectivity index (χ2n) is 4.83. The van der Waals surface area contributed by atoms with Crippen molar-refractivity contribution >= 4 is 17.4 Å². The summed E-state index contributed by atoms with van der Waals surface area (Å²) >= 11 is 0. The van der Waals surface area contributed by atoms with E-state index in [4.69, 9.17) is 4.74 Å². The Bertz CT molecular complexity index is 502. The summed E-state index contributed by atoms with van der Waals surface area (Å²) in [7, 11) is 1.54. The molecule has 6 nitrogen and oxygen atoms in total. The lowest BCUT2D eigenvalue weighted by atomic mass is 10.1. The van der Waals surface area contributed by atoms with E-state index in [1.807, 2.05) is 12.1 Å². The number of methoxy groups -OCH3 is 1. The summed E-state index contributed by atoms with van der Waals surface area (Å²) in [6.45, 7) is 3.43. The van der Waals surface area contributed by atoms with Crippen LogP contribution in [0.1, 0.15) is 25.8 Å². The summed E-state index contributed by atoms with van der Waals surface area (Å²) in [6, 6.07) is 5.51. The van der Waals surface area contributed by atoms with Crippen molar-refractivity contribution in [3.8, 4) is 5.75 Å². The Morgan fingerprint density at radius 1 is 1.33 bits per heavy atom. The number of rotatable bonds is 8. The summed E-state index contributed by atoms with van der Waals surface area (Å²) in [4.78, 5) is 21.8. The highest BCUT2D eigenvalue weighted by molar-refractivity contribution is 5.76. The van der Waals surface area contributed by atoms with E-state index >= 15 is 0 Å². The molecule has 1 amide bonds. The van der Waals surface area contributed by atoms with E-state index in [0.717, 1.165) is 5.56 Å². The minimum Gasteiger partial charge on any atom is -0.495 e. The molecule has 1 atom stereocenters. The highest BCUT2D eigenvalue weighted by atomic mass is 16.5. The van der Waals surface area contributed by atoms with E-state index in [2.05, 4.69) is 10.6 Å². The Balaban J connectivity index is 2.75. The number of benzene rings is 1. The van der Waals surface area contributed by atoms with Gasteiger partial charge in [0, 0.05) is 13.5 Å². The monoisotopic (exact) mass is 294 g/mol. The molecule has 1 aromatic rings. The lowest BCUT2D eigenvalue weighted by Gasteiger charge is -2.17. The normalized spacial score (nSPS) is 11.6. The first-order valence-electron chi connectivity index (χ1n) is 6.77. The Labute approximate surface area is 124 Å². The number of hydrogen-bond acceptors (Lipinski definition) is 5. The van der Waals surface area contributed by atoms with Gasteiger partial charge in [0.25, 0.3) is 0 Å². The summed E-state index contributed by atoms with van der Waals surface area (Å²) in [5.74, 6) is 0.412. The van der Waals surface area contributed by atoms with Crippen LogP contribution in [0.25, 0.3) is 0 Å². The number of ether oxygens (including phenoxy) is 1. The third-order valence-electron chi connectivity index (χ3n) is 2.85. The molecule has 1 aromatic carbocycles. The van der Waals surface area contributed by atoms with Crippen molar-refractivity contribution in [2.75, 3.05) is 19.0 Å². The van der Waals surface area contributed by atoms with E-state index in [1.54, 1.807) is 6.07 Å². The zero-order valence-electron chi connectivity index (χ0n) is 12.6. The van der Waals surface area contributed by atoms with Crippen molar-refractivity contribution in [1.29, 1.82) is 0 Å². The number of carbonyl (C=O) groups excluding carboxylic acids is 2. The fourth-order valence-electron chi connectivity index (χ4n) is 1.91. The van der Waals surface area contributed by atoms with E-state index in [1.165, 1.54) is 21.0 Å². The molecule has 0 aromatic heterocycles. The molecule has 0 heterocycles. The average molecular weight is 294 g/mol. The Morgan fingerprint density at radius 3 is 2.62 bits per heavy atom. The maximum Gasteiger partial charge on any atom is 0.216 e. The van der Waals surface area contributed by atoms with Crippen molar-refractivity contribution in [2.45, 2.75) is 32.9 Å². The van der Waals surface area contributed by atoms with Crippen molar-refractivity contribution < 1.29 is 19.4 Å². The van der Waals surface area contributed by atoms with Gasteiger partial charge in [-0.25, -0.2) is 0 Å². The molecule has 6 heteroatoms. The highest BCUT2D eigenvalue weighted by Crippen LogP contribution is 2.26. The molecule has 1 rings (SSSR count). The van der Waals surface area contributed by atoms with E-state index in [-0.39, 0.29) is 18.1 Å². The van der Waals surface area contributed by atoms with Crippen molar-refractivity contribution in [1.82, 2.24) is 5.32 Å². The molecule has 0 aliphatic rings. The Morgan fingerprint density at radius 2 is 2.05 bits per heavy atom. The molecule has 0 aliphatic heterocycles. The maximum absolute atomic E-state index is 11.0. The number of carbonyl (C=O) groups is 2. The number of nitrogens with one attached hydrogen (secondary N) is 2. The second kappa shape index (κ2) is 8.26. The topological polar surface area (TPSA) is 87.7 Å². The molecule has 0 spiro atoms. The van der Waals surface area contributed by atoms with Gasteiger partial charge in [0.2, 0.25) is 5.91 Å². The molecule has 0 saturated carbocycles. The SMILES string of the molecule is COc1ccc(CCNC(C)=O)cc1NC(O)CC(C)=O. The minimum absolute atomic E-state index is 0.0271. The van der Waals surface area contributed by atoms with Crippen LogP contribution in [0.4, 0.5) is 5.69 Å². The molecular weight excluding hydrogens is 272 g/mol. The Hall–Kier alpha value is -2.08. The fraction of sp³-hybridized carbons (Fsp3) is 0.467. The smallest absolute Gasteiger partial charge is 0.216 e. The number of hydrogen-bond donors (Lipinski definition) is 3. The van der Waals surface area contributed by atoms with Crippen LogP contribution in [0.3, 0.4) is 0 Å². The van der Waals surface area contributed by atoms with Gasteiger partial charge in [-0.2, -0.15) is 0 Å². The highest BCUT2D eigenvalue weighted by Gasteiger charge is 2.11. The van der Waals surface area contributed by atoms with E-state index in [0.29, 0.717) is 24.4 Å². The number of ketones is 1. The maximum atomic E-state index is 11.0. The summed E-state index contributed by atoms with van der Waals surface area (Å²) in [5.41, 5.74) is 1.61. The van der Waals surface area contributed by atoms with Gasteiger partial charge in [-0.3, -0.25) is 9.59 Å². The number of anilines is 1. The van der Waals surface area contributed by atoms with Gasteiger partial charge in [-0.1, -0.05) is 6.07 Å². The van der Waals surface area contributed by atoms with Crippen LogP contribution in [0.2, 0.25) is 0 Å². The van der Waals surface area contributed by atoms with Gasteiger partial charge < -0.3 is 20.5 Å². The molecular formula is C15H22N2O4. The first kappa shape index (κ1) is 17.0. The quantitative estimate of drug-likeness (QED) is 0.625. The fourth-order valence-corrected chi connectivity index (χ4v) is 1.91. The zero-order valence-corrected chi connectivity index (χ0v) is 12.6. The number of aliphatic hydroxyl groups excluding tert-OH is 1. The van der Waals surface area contributed by atoms with Crippen LogP contribution in [0.15, 0.2) is 18.2 Å². The van der Waals surface area contributed by atoms with E-state index in [9.17, 15) is 14.7 Å². The summed E-state index contributed by atoms with van der Waals surface area (Å²) in [6.07, 6.45) is -0.262. The third-order valence-corrected chi connectivity index (χ3v) is 2.85. The van der Waals surface area contributed by atoms with Crippen molar-refractivity contribution in [2.24, 2.45) is 0 Å². The molecule has 0 radical (unpaired) electrons. The van der Waals surface area contributed by atoms with Crippen LogP contribution < -0.4 is 15.4 Å². The second-order valence-corrected chi connectivity index (χ2v) is 4.83. The van der Waals surface area contributed by atoms with Crippen LogP contribution >= 0.6 is 0 Å². The number of Topliss-reactive ketones (excluding diaryl/α,β-unsaturated/α-hetero) is 1. The molecule has 1 unspecified atom stereocenters. The predicted octanol–water partition coefficient (Wildman–Crippen LogP) is 1.08. The molecule has 0 fully saturated rings. The molecule has 0 aliphatic carbocycles. The molecule has 21 heavy (non-hydrogen) atoms. The van der Waals surface area contributed by atoms with Gasteiger partial charge in [-0.05, 0) is 31.0 Å². The first-order valence-corrected chi connectivity index (χ1v) is 6.77. The molecule has 3 N–H and O–H groups in total. The molecule has 0 bridgehead atoms. The lowest BCUT2D eigenvalue weighted by molar-refractivity contribution is -0.119. The summed E-state index contributed by atoms with van der Waals surface area (Å²) < 4.78 is 5.22. The van der Waals surface area contributed by atoms with Gasteiger partial charge in [0.05, 0.1) is 19.2 Å². The van der Waals surface area contributed by atoms with E-state index < -0.39 is 6.23 Å². The van der Waals surface area contributed by atoms with Crippen LogP contribution in [-0.4, -0.2) is 36.7 Å². The largest absolute Gasteiger partial charge is 0.495 e. The predicted molar refractivity (Wildman–Crippen MR) is 80.3 cm³/mol. The average Bonchev–Trinajstić information content (AvgIpc) is 2.37. The van der Waals surface area contributed by atoms with Crippen LogP contribution in [0, 0.1) is 0 Å².